The van der Waals surface area contributed by atoms with Crippen LogP contribution in [0.1, 0.15) is 17.4 Å². The van der Waals surface area contributed by atoms with Crippen molar-refractivity contribution in [3.8, 4) is 10.6 Å². The van der Waals surface area contributed by atoms with Crippen molar-refractivity contribution in [3.05, 3.63) is 34.7 Å². The van der Waals surface area contributed by atoms with E-state index >= 15 is 0 Å². The number of fused-ring (bicyclic) bond motifs is 2. The third kappa shape index (κ3) is 2.16. The molecule has 21 heavy (non-hydrogen) atoms. The molecule has 0 spiro atoms. The predicted octanol–water partition coefficient (Wildman–Crippen LogP) is 3.59. The second-order valence-corrected chi connectivity index (χ2v) is 7.12. The lowest BCUT2D eigenvalue weighted by Crippen LogP contribution is -2.07. The number of nitrogens with one attached hydrogen (secondary N) is 2. The van der Waals surface area contributed by atoms with E-state index in [1.165, 1.54) is 15.1 Å². The summed E-state index contributed by atoms with van der Waals surface area (Å²) in [4.78, 5) is 17.5. The molecule has 3 aromatic rings. The molecule has 0 bridgehead atoms. The highest BCUT2D eigenvalue weighted by molar-refractivity contribution is 7.22. The van der Waals surface area contributed by atoms with Crippen LogP contribution in [-0.4, -0.2) is 10.9 Å². The molecule has 6 heteroatoms. The fraction of sp³-hybridized carbons (Fsp3) is 0.200. The van der Waals surface area contributed by atoms with Crippen LogP contribution in [0, 0.1) is 0 Å². The van der Waals surface area contributed by atoms with Gasteiger partial charge in [-0.3, -0.25) is 4.79 Å². The zero-order valence-corrected chi connectivity index (χ0v) is 13.0. The third-order valence-electron chi connectivity index (χ3n) is 3.48. The van der Waals surface area contributed by atoms with Crippen molar-refractivity contribution in [3.63, 3.8) is 0 Å². The van der Waals surface area contributed by atoms with E-state index in [1.807, 2.05) is 18.2 Å². The smallest absolute Gasteiger partial charge is 0.221 e. The Labute approximate surface area is 129 Å². The van der Waals surface area contributed by atoms with Gasteiger partial charge in [0.2, 0.25) is 5.91 Å². The molecule has 0 atom stereocenters. The number of para-hydroxylation sites is 1. The standard InChI is InChI=1S/C15H13N3OS2/c1-8(19)17-14-13(9-6-16-7-12(9)21-14)15-18-10-4-2-3-5-11(10)20-15/h2-5,16H,6-7H2,1H3,(H,17,19). The Balaban J connectivity index is 1.91. The number of anilines is 1. The molecule has 1 aliphatic heterocycles. The minimum atomic E-state index is -0.0368. The van der Waals surface area contributed by atoms with Gasteiger partial charge in [0.05, 0.1) is 15.8 Å². The Morgan fingerprint density at radius 2 is 2.14 bits per heavy atom. The molecule has 0 saturated heterocycles. The van der Waals surface area contributed by atoms with Crippen LogP contribution in [0.2, 0.25) is 0 Å². The van der Waals surface area contributed by atoms with Gasteiger partial charge in [0.1, 0.15) is 10.0 Å². The van der Waals surface area contributed by atoms with Gasteiger partial charge in [-0.2, -0.15) is 0 Å². The molecule has 0 aliphatic carbocycles. The van der Waals surface area contributed by atoms with Gasteiger partial charge in [0.15, 0.2) is 0 Å². The molecule has 4 nitrogen and oxygen atoms in total. The van der Waals surface area contributed by atoms with Crippen molar-refractivity contribution >= 4 is 43.8 Å². The number of hydrogen-bond acceptors (Lipinski definition) is 5. The molecule has 0 unspecified atom stereocenters. The van der Waals surface area contributed by atoms with E-state index in [9.17, 15) is 4.79 Å². The summed E-state index contributed by atoms with van der Waals surface area (Å²) in [6, 6.07) is 8.14. The van der Waals surface area contributed by atoms with Crippen molar-refractivity contribution in [2.24, 2.45) is 0 Å². The largest absolute Gasteiger partial charge is 0.317 e. The summed E-state index contributed by atoms with van der Waals surface area (Å²) >= 11 is 3.33. The Morgan fingerprint density at radius 3 is 2.95 bits per heavy atom. The summed E-state index contributed by atoms with van der Waals surface area (Å²) in [7, 11) is 0. The Kier molecular flexibility index (Phi) is 3.02. The summed E-state index contributed by atoms with van der Waals surface area (Å²) in [6.07, 6.45) is 0. The fourth-order valence-corrected chi connectivity index (χ4v) is 4.94. The minimum Gasteiger partial charge on any atom is -0.317 e. The number of benzene rings is 1. The molecule has 3 heterocycles. The molecular formula is C15H13N3OS2. The average molecular weight is 315 g/mol. The normalized spacial score (nSPS) is 13.6. The molecule has 0 fully saturated rings. The van der Waals surface area contributed by atoms with E-state index in [1.54, 1.807) is 29.6 Å². The van der Waals surface area contributed by atoms with Gasteiger partial charge in [-0.15, -0.1) is 22.7 Å². The zero-order valence-electron chi connectivity index (χ0n) is 11.4. The maximum Gasteiger partial charge on any atom is 0.221 e. The van der Waals surface area contributed by atoms with E-state index in [0.717, 1.165) is 34.2 Å². The second kappa shape index (κ2) is 4.91. The lowest BCUT2D eigenvalue weighted by atomic mass is 10.1. The SMILES string of the molecule is CC(=O)Nc1sc2c(c1-c1nc3ccccc3s1)CNC2. The first-order valence-electron chi connectivity index (χ1n) is 6.71. The number of carbonyl (C=O) groups is 1. The number of amides is 1. The Morgan fingerprint density at radius 1 is 1.29 bits per heavy atom. The van der Waals surface area contributed by atoms with Crippen molar-refractivity contribution in [1.82, 2.24) is 10.3 Å². The molecule has 0 radical (unpaired) electrons. The van der Waals surface area contributed by atoms with Crippen molar-refractivity contribution in [2.75, 3.05) is 5.32 Å². The summed E-state index contributed by atoms with van der Waals surface area (Å²) in [5.74, 6) is -0.0368. The maximum absolute atomic E-state index is 11.5. The van der Waals surface area contributed by atoms with Crippen LogP contribution in [0.3, 0.4) is 0 Å². The monoisotopic (exact) mass is 315 g/mol. The lowest BCUT2D eigenvalue weighted by molar-refractivity contribution is -0.114. The second-order valence-electron chi connectivity index (χ2n) is 4.98. The van der Waals surface area contributed by atoms with Crippen LogP contribution in [0.4, 0.5) is 5.00 Å². The highest BCUT2D eigenvalue weighted by atomic mass is 32.1. The van der Waals surface area contributed by atoms with Crippen molar-refractivity contribution in [2.45, 2.75) is 20.0 Å². The van der Waals surface area contributed by atoms with Crippen LogP contribution in [-0.2, 0) is 17.9 Å². The lowest BCUT2D eigenvalue weighted by Gasteiger charge is -2.04. The van der Waals surface area contributed by atoms with E-state index in [-0.39, 0.29) is 5.91 Å². The van der Waals surface area contributed by atoms with Gasteiger partial charge < -0.3 is 10.6 Å². The molecule has 2 N–H and O–H groups in total. The minimum absolute atomic E-state index is 0.0368. The van der Waals surface area contributed by atoms with Gasteiger partial charge in [0.25, 0.3) is 0 Å². The first-order chi connectivity index (χ1) is 10.2. The van der Waals surface area contributed by atoms with Crippen molar-refractivity contribution in [1.29, 1.82) is 0 Å². The molecule has 1 aromatic carbocycles. The van der Waals surface area contributed by atoms with E-state index < -0.39 is 0 Å². The number of hydrogen-bond donors (Lipinski definition) is 2. The summed E-state index contributed by atoms with van der Waals surface area (Å²) in [6.45, 7) is 3.26. The van der Waals surface area contributed by atoms with E-state index in [2.05, 4.69) is 16.7 Å². The highest BCUT2D eigenvalue weighted by Gasteiger charge is 2.25. The fourth-order valence-electron chi connectivity index (χ4n) is 2.60. The topological polar surface area (TPSA) is 54.0 Å². The Hall–Kier alpha value is -1.76. The first kappa shape index (κ1) is 12.9. The number of nitrogens with zero attached hydrogens (tertiary/aromatic N) is 1. The number of carbonyl (C=O) groups excluding carboxylic acids is 1. The first-order valence-corrected chi connectivity index (χ1v) is 8.34. The number of thiazole rings is 1. The van der Waals surface area contributed by atoms with Crippen LogP contribution >= 0.6 is 22.7 Å². The summed E-state index contributed by atoms with van der Waals surface area (Å²) < 4.78 is 1.17. The number of rotatable bonds is 2. The average Bonchev–Trinajstić information content (AvgIpc) is 3.10. The molecule has 2 aromatic heterocycles. The summed E-state index contributed by atoms with van der Waals surface area (Å²) in [5.41, 5.74) is 3.39. The van der Waals surface area contributed by atoms with Gasteiger partial charge >= 0.3 is 0 Å². The van der Waals surface area contributed by atoms with Crippen LogP contribution in [0.15, 0.2) is 24.3 Å². The highest BCUT2D eigenvalue weighted by Crippen LogP contribution is 2.45. The molecule has 0 saturated carbocycles. The molecule has 1 amide bonds. The summed E-state index contributed by atoms with van der Waals surface area (Å²) in [5, 5.41) is 8.24. The van der Waals surface area contributed by atoms with Crippen molar-refractivity contribution < 1.29 is 4.79 Å². The van der Waals surface area contributed by atoms with Gasteiger partial charge in [0, 0.05) is 24.9 Å². The quantitative estimate of drug-likeness (QED) is 0.760. The van der Waals surface area contributed by atoms with E-state index in [0.29, 0.717) is 0 Å². The number of aromatic nitrogens is 1. The number of thiophene rings is 1. The van der Waals surface area contributed by atoms with Crippen LogP contribution in [0.5, 0.6) is 0 Å². The molecular weight excluding hydrogens is 302 g/mol. The van der Waals surface area contributed by atoms with Crippen LogP contribution < -0.4 is 10.6 Å². The van der Waals surface area contributed by atoms with Gasteiger partial charge in [-0.05, 0) is 17.7 Å². The van der Waals surface area contributed by atoms with E-state index in [4.69, 9.17) is 4.98 Å². The predicted molar refractivity (Wildman–Crippen MR) is 87.8 cm³/mol. The van der Waals surface area contributed by atoms with Crippen LogP contribution in [0.25, 0.3) is 20.8 Å². The Bertz CT molecular complexity index is 817. The third-order valence-corrected chi connectivity index (χ3v) is 5.68. The molecule has 1 aliphatic rings. The zero-order chi connectivity index (χ0) is 14.4. The molecule has 106 valence electrons. The maximum atomic E-state index is 11.5. The van der Waals surface area contributed by atoms with Gasteiger partial charge in [-0.25, -0.2) is 4.98 Å². The molecule has 4 rings (SSSR count). The van der Waals surface area contributed by atoms with Gasteiger partial charge in [-0.1, -0.05) is 12.1 Å².